The van der Waals surface area contributed by atoms with Crippen molar-refractivity contribution in [3.63, 3.8) is 0 Å². The molecular formula is C23H14Cl2O. The predicted molar refractivity (Wildman–Crippen MR) is 106 cm³/mol. The number of benzene rings is 3. The number of rotatable bonds is 2. The SMILES string of the molecule is C#CC(c1ccccc1)C1c2c(Cl)cccc2C(=O)c2cccc(Cl)c21. The minimum atomic E-state index is -0.290. The van der Waals surface area contributed by atoms with E-state index >= 15 is 0 Å². The summed E-state index contributed by atoms with van der Waals surface area (Å²) in [5.74, 6) is 2.27. The molecule has 0 radical (unpaired) electrons. The normalized spacial score (nSPS) is 14.3. The number of hydrogen-bond donors (Lipinski definition) is 0. The van der Waals surface area contributed by atoms with Crippen molar-refractivity contribution in [2.24, 2.45) is 0 Å². The van der Waals surface area contributed by atoms with Crippen LogP contribution in [-0.4, -0.2) is 5.78 Å². The molecule has 1 aliphatic carbocycles. The zero-order chi connectivity index (χ0) is 18.3. The maximum Gasteiger partial charge on any atom is 0.193 e. The number of ketones is 1. The molecule has 0 N–H and O–H groups in total. The Balaban J connectivity index is 2.05. The highest BCUT2D eigenvalue weighted by Gasteiger charge is 2.38. The third-order valence-corrected chi connectivity index (χ3v) is 5.55. The van der Waals surface area contributed by atoms with Gasteiger partial charge in [0.25, 0.3) is 0 Å². The Morgan fingerprint density at radius 1 is 0.808 bits per heavy atom. The predicted octanol–water partition coefficient (Wildman–Crippen LogP) is 6.09. The van der Waals surface area contributed by atoms with Gasteiger partial charge in [-0.1, -0.05) is 83.7 Å². The van der Waals surface area contributed by atoms with Crippen molar-refractivity contribution in [2.45, 2.75) is 11.8 Å². The molecule has 1 nitrogen and oxygen atoms in total. The average molecular weight is 377 g/mol. The number of carbonyl (C=O) groups is 1. The molecule has 26 heavy (non-hydrogen) atoms. The molecule has 126 valence electrons. The van der Waals surface area contributed by atoms with Gasteiger partial charge in [0.2, 0.25) is 0 Å². The standard InChI is InChI=1S/C23H14Cl2O/c1-2-15(14-8-4-3-5-9-14)22-20-16(10-6-12-18(20)24)23(26)17-11-7-13-19(25)21(17)22/h1,3-13,15,22H. The minimum absolute atomic E-state index is 0.0694. The Hall–Kier alpha value is -2.53. The van der Waals surface area contributed by atoms with E-state index in [1.165, 1.54) is 0 Å². The number of fused-ring (bicyclic) bond motifs is 2. The smallest absolute Gasteiger partial charge is 0.193 e. The van der Waals surface area contributed by atoms with Gasteiger partial charge < -0.3 is 0 Å². The fraction of sp³-hybridized carbons (Fsp3) is 0.0870. The number of halogens is 2. The van der Waals surface area contributed by atoms with E-state index in [-0.39, 0.29) is 17.6 Å². The highest BCUT2D eigenvalue weighted by molar-refractivity contribution is 6.34. The molecule has 1 aliphatic rings. The summed E-state index contributed by atoms with van der Waals surface area (Å²) in [7, 11) is 0. The van der Waals surface area contributed by atoms with E-state index in [9.17, 15) is 4.79 Å². The lowest BCUT2D eigenvalue weighted by Crippen LogP contribution is -2.24. The maximum atomic E-state index is 13.0. The molecule has 0 fully saturated rings. The van der Waals surface area contributed by atoms with Crippen LogP contribution in [0, 0.1) is 12.3 Å². The summed E-state index contributed by atoms with van der Waals surface area (Å²) in [4.78, 5) is 13.0. The van der Waals surface area contributed by atoms with Crippen LogP contribution >= 0.6 is 23.2 Å². The fourth-order valence-electron chi connectivity index (χ4n) is 3.77. The number of hydrogen-bond acceptors (Lipinski definition) is 1. The van der Waals surface area contributed by atoms with Crippen LogP contribution in [0.3, 0.4) is 0 Å². The topological polar surface area (TPSA) is 17.1 Å². The van der Waals surface area contributed by atoms with Gasteiger partial charge >= 0.3 is 0 Å². The Morgan fingerprint density at radius 2 is 1.35 bits per heavy atom. The second kappa shape index (κ2) is 6.65. The lowest BCUT2D eigenvalue weighted by molar-refractivity contribution is 0.103. The van der Waals surface area contributed by atoms with Crippen LogP contribution in [-0.2, 0) is 0 Å². The summed E-state index contributed by atoms with van der Waals surface area (Å²) in [5, 5.41) is 1.06. The molecule has 0 amide bonds. The average Bonchev–Trinajstić information content (AvgIpc) is 2.66. The first kappa shape index (κ1) is 16.9. The van der Waals surface area contributed by atoms with Crippen molar-refractivity contribution in [1.29, 1.82) is 0 Å². The van der Waals surface area contributed by atoms with Gasteiger partial charge in [0, 0.05) is 27.1 Å². The van der Waals surface area contributed by atoms with Gasteiger partial charge in [-0.2, -0.15) is 0 Å². The Morgan fingerprint density at radius 3 is 1.85 bits per heavy atom. The van der Waals surface area contributed by atoms with Crippen molar-refractivity contribution >= 4 is 29.0 Å². The van der Waals surface area contributed by atoms with Crippen LogP contribution in [0.15, 0.2) is 66.7 Å². The molecule has 3 heteroatoms. The van der Waals surface area contributed by atoms with Gasteiger partial charge in [-0.15, -0.1) is 6.42 Å². The second-order valence-electron chi connectivity index (χ2n) is 6.26. The Labute approximate surface area is 162 Å². The molecule has 4 rings (SSSR count). The molecule has 3 aromatic carbocycles. The molecule has 0 saturated heterocycles. The maximum absolute atomic E-state index is 13.0. The summed E-state index contributed by atoms with van der Waals surface area (Å²) < 4.78 is 0. The van der Waals surface area contributed by atoms with Gasteiger partial charge in [0.1, 0.15) is 0 Å². The highest BCUT2D eigenvalue weighted by Crippen LogP contribution is 2.49. The van der Waals surface area contributed by atoms with Crippen LogP contribution in [0.2, 0.25) is 10.0 Å². The van der Waals surface area contributed by atoms with Crippen LogP contribution in [0.5, 0.6) is 0 Å². The molecule has 0 heterocycles. The summed E-state index contributed by atoms with van der Waals surface area (Å²) in [6.07, 6.45) is 5.96. The van der Waals surface area contributed by atoms with Crippen molar-refractivity contribution in [3.8, 4) is 12.3 Å². The van der Waals surface area contributed by atoms with Gasteiger partial charge in [0.15, 0.2) is 5.78 Å². The largest absolute Gasteiger partial charge is 0.289 e. The van der Waals surface area contributed by atoms with E-state index in [0.29, 0.717) is 21.2 Å². The molecule has 0 saturated carbocycles. The van der Waals surface area contributed by atoms with Crippen LogP contribution in [0.25, 0.3) is 0 Å². The highest BCUT2D eigenvalue weighted by atomic mass is 35.5. The third-order valence-electron chi connectivity index (χ3n) is 4.89. The molecule has 0 aromatic heterocycles. The van der Waals surface area contributed by atoms with Crippen LogP contribution < -0.4 is 0 Å². The summed E-state index contributed by atoms with van der Waals surface area (Å²) in [5.41, 5.74) is 3.69. The molecule has 0 spiro atoms. The molecule has 1 unspecified atom stereocenters. The molecular weight excluding hydrogens is 363 g/mol. The van der Waals surface area contributed by atoms with Gasteiger partial charge in [0.05, 0.1) is 5.92 Å². The first-order valence-electron chi connectivity index (χ1n) is 8.26. The molecule has 0 aliphatic heterocycles. The summed E-state index contributed by atoms with van der Waals surface area (Å²) >= 11 is 13.1. The van der Waals surface area contributed by atoms with E-state index in [1.54, 1.807) is 36.4 Å². The quantitative estimate of drug-likeness (QED) is 0.494. The lowest BCUT2D eigenvalue weighted by Gasteiger charge is -2.33. The van der Waals surface area contributed by atoms with E-state index < -0.39 is 0 Å². The third kappa shape index (κ3) is 2.54. The molecule has 3 aromatic rings. The van der Waals surface area contributed by atoms with E-state index in [4.69, 9.17) is 29.6 Å². The van der Waals surface area contributed by atoms with E-state index in [2.05, 4.69) is 5.92 Å². The first-order chi connectivity index (χ1) is 12.6. The first-order valence-corrected chi connectivity index (χ1v) is 9.01. The fourth-order valence-corrected chi connectivity index (χ4v) is 4.35. The zero-order valence-corrected chi connectivity index (χ0v) is 15.3. The van der Waals surface area contributed by atoms with E-state index in [0.717, 1.165) is 16.7 Å². The van der Waals surface area contributed by atoms with Crippen molar-refractivity contribution in [1.82, 2.24) is 0 Å². The monoisotopic (exact) mass is 376 g/mol. The number of terminal acetylenes is 1. The van der Waals surface area contributed by atoms with E-state index in [1.807, 2.05) is 30.3 Å². The van der Waals surface area contributed by atoms with Crippen molar-refractivity contribution < 1.29 is 4.79 Å². The van der Waals surface area contributed by atoms with Crippen LogP contribution in [0.4, 0.5) is 0 Å². The lowest BCUT2D eigenvalue weighted by atomic mass is 9.70. The van der Waals surface area contributed by atoms with Gasteiger partial charge in [-0.3, -0.25) is 4.79 Å². The second-order valence-corrected chi connectivity index (χ2v) is 7.08. The van der Waals surface area contributed by atoms with Crippen molar-refractivity contribution in [3.05, 3.63) is 105 Å². The summed E-state index contributed by atoms with van der Waals surface area (Å²) in [6.45, 7) is 0. The zero-order valence-electron chi connectivity index (χ0n) is 13.7. The van der Waals surface area contributed by atoms with Crippen LogP contribution in [0.1, 0.15) is 44.4 Å². The summed E-state index contributed by atoms with van der Waals surface area (Å²) in [6, 6.07) is 20.6. The Bertz CT molecular complexity index is 992. The van der Waals surface area contributed by atoms with Gasteiger partial charge in [-0.05, 0) is 28.8 Å². The minimum Gasteiger partial charge on any atom is -0.289 e. The van der Waals surface area contributed by atoms with Gasteiger partial charge in [-0.25, -0.2) is 0 Å². The molecule has 0 bridgehead atoms. The van der Waals surface area contributed by atoms with Crippen molar-refractivity contribution in [2.75, 3.05) is 0 Å². The number of carbonyl (C=O) groups excluding carboxylic acids is 1. The molecule has 1 atom stereocenters. The Kier molecular flexibility index (Phi) is 4.32.